The third-order valence-electron chi connectivity index (χ3n) is 6.93. The van der Waals surface area contributed by atoms with Crippen LogP contribution in [-0.2, 0) is 0 Å². The number of aliphatic imine (C=N–C) groups is 1. The highest BCUT2D eigenvalue weighted by Crippen LogP contribution is 2.38. The lowest BCUT2D eigenvalue weighted by Gasteiger charge is -2.24. The third kappa shape index (κ3) is 3.61. The molecule has 0 aliphatic rings. The summed E-state index contributed by atoms with van der Waals surface area (Å²) in [5.74, 6) is 3.50. The molecule has 1 nitrogen and oxygen atoms in total. The monoisotopic (exact) mass is 375 g/mol. The number of rotatable bonds is 3. The fourth-order valence-corrected chi connectivity index (χ4v) is 4.18. The lowest BCUT2D eigenvalue weighted by Crippen LogP contribution is -2.08. The summed E-state index contributed by atoms with van der Waals surface area (Å²) < 4.78 is 0. The average molecular weight is 376 g/mol. The van der Waals surface area contributed by atoms with Crippen molar-refractivity contribution in [3.05, 3.63) is 66.8 Å². The highest BCUT2D eigenvalue weighted by Gasteiger charge is 2.22. The topological polar surface area (TPSA) is 12.4 Å². The lowest BCUT2D eigenvalue weighted by molar-refractivity contribution is 0.843. The van der Waals surface area contributed by atoms with Crippen molar-refractivity contribution in [1.82, 2.24) is 0 Å². The Hall–Kier alpha value is -2.11. The van der Waals surface area contributed by atoms with Crippen molar-refractivity contribution in [3.63, 3.8) is 0 Å². The lowest BCUT2D eigenvalue weighted by atomic mass is 9.80. The van der Waals surface area contributed by atoms with Gasteiger partial charge in [-0.2, -0.15) is 0 Å². The second kappa shape index (κ2) is 8.10. The van der Waals surface area contributed by atoms with Crippen LogP contribution in [0, 0.1) is 69.2 Å². The fourth-order valence-electron chi connectivity index (χ4n) is 4.18. The van der Waals surface area contributed by atoms with E-state index in [1.165, 1.54) is 66.8 Å². The molecule has 0 unspecified atom stereocenters. The zero-order valence-electron chi connectivity index (χ0n) is 20.0. The molecule has 2 aromatic rings. The Morgan fingerprint density at radius 1 is 0.500 bits per heavy atom. The van der Waals surface area contributed by atoms with Crippen molar-refractivity contribution >= 4 is 11.4 Å². The molecule has 28 heavy (non-hydrogen) atoms. The maximum absolute atomic E-state index is 4.72. The van der Waals surface area contributed by atoms with Crippen molar-refractivity contribution in [3.8, 4) is 0 Å². The van der Waals surface area contributed by atoms with Crippen LogP contribution in [0.2, 0.25) is 0 Å². The standard InChI is InChI=1S/C27H37N/c1-14(2)28-13-25(26-21(9)17(5)15(3)18(6)22(26)10)27-23(11)19(7)16(4)20(8)24(27)12/h14H,1-12H3. The van der Waals surface area contributed by atoms with Crippen molar-refractivity contribution in [2.45, 2.75) is 89.1 Å². The summed E-state index contributed by atoms with van der Waals surface area (Å²) in [7, 11) is 0. The molecule has 0 fully saturated rings. The Labute approximate surface area is 172 Å². The molecule has 0 atom stereocenters. The molecule has 1 heteroatoms. The van der Waals surface area contributed by atoms with Gasteiger partial charge in [0.15, 0.2) is 0 Å². The van der Waals surface area contributed by atoms with E-state index in [1.54, 1.807) is 0 Å². The van der Waals surface area contributed by atoms with E-state index >= 15 is 0 Å². The third-order valence-corrected chi connectivity index (χ3v) is 6.93. The van der Waals surface area contributed by atoms with Gasteiger partial charge in [0, 0.05) is 0 Å². The van der Waals surface area contributed by atoms with Gasteiger partial charge in [0.05, 0.1) is 11.6 Å². The zero-order chi connectivity index (χ0) is 21.5. The molecule has 0 aromatic heterocycles. The first-order chi connectivity index (χ1) is 12.9. The van der Waals surface area contributed by atoms with Crippen LogP contribution in [0.3, 0.4) is 0 Å². The van der Waals surface area contributed by atoms with E-state index in [9.17, 15) is 0 Å². The van der Waals surface area contributed by atoms with Crippen LogP contribution in [0.15, 0.2) is 4.99 Å². The Morgan fingerprint density at radius 2 is 0.750 bits per heavy atom. The number of hydrogen-bond donors (Lipinski definition) is 0. The average Bonchev–Trinajstić information content (AvgIpc) is 2.65. The molecule has 0 amide bonds. The van der Waals surface area contributed by atoms with Crippen molar-refractivity contribution in [1.29, 1.82) is 0 Å². The van der Waals surface area contributed by atoms with E-state index < -0.39 is 0 Å². The van der Waals surface area contributed by atoms with Crippen LogP contribution in [0.25, 0.3) is 5.57 Å². The number of benzene rings is 2. The number of nitrogens with zero attached hydrogens (tertiary/aromatic N) is 1. The van der Waals surface area contributed by atoms with E-state index in [1.807, 2.05) is 0 Å². The van der Waals surface area contributed by atoms with Crippen LogP contribution >= 0.6 is 0 Å². The fraction of sp³-hybridized carbons (Fsp3) is 0.481. The quantitative estimate of drug-likeness (QED) is 0.500. The highest BCUT2D eigenvalue weighted by molar-refractivity contribution is 6.02. The minimum absolute atomic E-state index is 0.219. The molecule has 0 heterocycles. The van der Waals surface area contributed by atoms with Crippen molar-refractivity contribution < 1.29 is 0 Å². The molecule has 0 aliphatic heterocycles. The van der Waals surface area contributed by atoms with Gasteiger partial charge in [0.1, 0.15) is 0 Å². The summed E-state index contributed by atoms with van der Waals surface area (Å²) in [6.45, 7) is 26.6. The Bertz CT molecular complexity index is 880. The maximum Gasteiger partial charge on any atom is 0.0537 e. The summed E-state index contributed by atoms with van der Waals surface area (Å²) in [6, 6.07) is 0.219. The molecular formula is C27H37N. The van der Waals surface area contributed by atoms with Gasteiger partial charge in [0.25, 0.3) is 0 Å². The first-order valence-corrected chi connectivity index (χ1v) is 10.4. The molecule has 2 aromatic carbocycles. The Balaban J connectivity index is 3.09. The first-order valence-electron chi connectivity index (χ1n) is 10.4. The van der Waals surface area contributed by atoms with Gasteiger partial charge in [-0.05, 0) is 156 Å². The first kappa shape index (κ1) is 22.2. The van der Waals surface area contributed by atoms with Gasteiger partial charge >= 0.3 is 0 Å². The van der Waals surface area contributed by atoms with Crippen LogP contribution in [0.1, 0.15) is 80.6 Å². The molecule has 2 rings (SSSR count). The molecule has 0 bridgehead atoms. The van der Waals surface area contributed by atoms with E-state index in [0.29, 0.717) is 0 Å². The predicted octanol–water partition coefficient (Wildman–Crippen LogP) is 7.28. The molecule has 150 valence electrons. The number of hydrogen-bond acceptors (Lipinski definition) is 1. The SMILES string of the molecule is Cc1c(C)c(C)c(C(=C=NC(C)C)c2c(C)c(C)c(C)c(C)c2C)c(C)c1C. The van der Waals surface area contributed by atoms with Gasteiger partial charge < -0.3 is 0 Å². The normalized spacial score (nSPS) is 11.0. The van der Waals surface area contributed by atoms with E-state index in [4.69, 9.17) is 4.99 Å². The summed E-state index contributed by atoms with van der Waals surface area (Å²) in [5.41, 5.74) is 17.4. The Morgan fingerprint density at radius 3 is 1.00 bits per heavy atom. The molecule has 0 saturated heterocycles. The van der Waals surface area contributed by atoms with Gasteiger partial charge in [-0.25, -0.2) is 4.99 Å². The van der Waals surface area contributed by atoms with Gasteiger partial charge in [-0.15, -0.1) is 0 Å². The molecule has 0 N–H and O–H groups in total. The molecule has 0 aliphatic carbocycles. The van der Waals surface area contributed by atoms with Crippen molar-refractivity contribution in [2.24, 2.45) is 4.99 Å². The van der Waals surface area contributed by atoms with Crippen molar-refractivity contribution in [2.75, 3.05) is 0 Å². The second-order valence-electron chi connectivity index (χ2n) is 8.71. The Kier molecular flexibility index (Phi) is 6.41. The molecule has 0 saturated carbocycles. The molecule has 0 radical (unpaired) electrons. The second-order valence-corrected chi connectivity index (χ2v) is 8.71. The summed E-state index contributed by atoms with van der Waals surface area (Å²) in [4.78, 5) is 4.72. The van der Waals surface area contributed by atoms with E-state index in [-0.39, 0.29) is 6.04 Å². The van der Waals surface area contributed by atoms with Gasteiger partial charge in [0.2, 0.25) is 0 Å². The smallest absolute Gasteiger partial charge is 0.0537 e. The largest absolute Gasteiger partial charge is 0.240 e. The van der Waals surface area contributed by atoms with E-state index in [0.717, 1.165) is 5.57 Å². The minimum Gasteiger partial charge on any atom is -0.240 e. The summed E-state index contributed by atoms with van der Waals surface area (Å²) in [5, 5.41) is 0. The molecular weight excluding hydrogens is 338 g/mol. The van der Waals surface area contributed by atoms with Gasteiger partial charge in [-0.3, -0.25) is 0 Å². The van der Waals surface area contributed by atoms with Crippen LogP contribution < -0.4 is 0 Å². The van der Waals surface area contributed by atoms with Crippen LogP contribution in [0.4, 0.5) is 0 Å². The maximum atomic E-state index is 4.72. The van der Waals surface area contributed by atoms with Crippen LogP contribution in [-0.4, -0.2) is 11.9 Å². The predicted molar refractivity (Wildman–Crippen MR) is 125 cm³/mol. The van der Waals surface area contributed by atoms with E-state index in [2.05, 4.69) is 89.0 Å². The summed E-state index contributed by atoms with van der Waals surface area (Å²) in [6.07, 6.45) is 0. The van der Waals surface area contributed by atoms with Crippen LogP contribution in [0.5, 0.6) is 0 Å². The highest BCUT2D eigenvalue weighted by atomic mass is 14.7. The summed E-state index contributed by atoms with van der Waals surface area (Å²) >= 11 is 0. The van der Waals surface area contributed by atoms with Gasteiger partial charge in [-0.1, -0.05) is 0 Å². The zero-order valence-corrected chi connectivity index (χ0v) is 20.0. The minimum atomic E-state index is 0.219. The molecule has 0 spiro atoms.